The summed E-state index contributed by atoms with van der Waals surface area (Å²) in [6.07, 6.45) is 0.313. The second kappa shape index (κ2) is 8.79. The predicted molar refractivity (Wildman–Crippen MR) is 106 cm³/mol. The van der Waals surface area contributed by atoms with Crippen LogP contribution in [0.4, 0.5) is 10.5 Å². The van der Waals surface area contributed by atoms with Gasteiger partial charge in [0.1, 0.15) is 18.4 Å². The second-order valence-corrected chi connectivity index (χ2v) is 7.87. The van der Waals surface area contributed by atoms with Gasteiger partial charge >= 0.3 is 6.09 Å². The van der Waals surface area contributed by atoms with Crippen molar-refractivity contribution in [3.63, 3.8) is 0 Å². The Hall–Kier alpha value is -2.32. The molecule has 1 aromatic carbocycles. The van der Waals surface area contributed by atoms with Crippen LogP contribution < -0.4 is 20.9 Å². The van der Waals surface area contributed by atoms with E-state index in [1.807, 2.05) is 12.1 Å². The Kier molecular flexibility index (Phi) is 6.41. The molecule has 2 heterocycles. The molecule has 3 N–H and O–H groups in total. The molecule has 2 atom stereocenters. The van der Waals surface area contributed by atoms with Gasteiger partial charge in [-0.25, -0.2) is 10.3 Å². The molecule has 3 rings (SSSR count). The lowest BCUT2D eigenvalue weighted by atomic mass is 9.96. The summed E-state index contributed by atoms with van der Waals surface area (Å²) in [6, 6.07) is 5.88. The maximum Gasteiger partial charge on any atom is 0.413 e. The zero-order chi connectivity index (χ0) is 20.3. The van der Waals surface area contributed by atoms with E-state index in [9.17, 15) is 9.59 Å². The molecule has 1 unspecified atom stereocenters. The third kappa shape index (κ3) is 4.56. The van der Waals surface area contributed by atoms with Crippen LogP contribution in [0.25, 0.3) is 0 Å². The summed E-state index contributed by atoms with van der Waals surface area (Å²) in [7, 11) is 0. The van der Waals surface area contributed by atoms with Gasteiger partial charge in [-0.05, 0) is 52.8 Å². The molecular formula is C20H30N4O4. The Balaban J connectivity index is 1.67. The zero-order valence-corrected chi connectivity index (χ0v) is 17.0. The van der Waals surface area contributed by atoms with Crippen LogP contribution in [0, 0.1) is 0 Å². The Bertz CT molecular complexity index is 714. The minimum absolute atomic E-state index is 0.0885. The van der Waals surface area contributed by atoms with E-state index in [2.05, 4.69) is 48.7 Å². The van der Waals surface area contributed by atoms with E-state index in [1.165, 1.54) is 0 Å². The largest absolute Gasteiger partial charge is 0.413 e. The smallest absolute Gasteiger partial charge is 0.410 e. The van der Waals surface area contributed by atoms with Gasteiger partial charge in [-0.2, -0.15) is 0 Å². The van der Waals surface area contributed by atoms with Crippen molar-refractivity contribution in [2.75, 3.05) is 25.0 Å². The van der Waals surface area contributed by atoms with Crippen molar-refractivity contribution in [1.82, 2.24) is 15.7 Å². The topological polar surface area (TPSA) is 91.9 Å². The van der Waals surface area contributed by atoms with E-state index < -0.39 is 12.1 Å². The van der Waals surface area contributed by atoms with Gasteiger partial charge in [0.05, 0.1) is 0 Å². The normalized spacial score (nSPS) is 21.0. The Morgan fingerprint density at radius 1 is 1.32 bits per heavy atom. The summed E-state index contributed by atoms with van der Waals surface area (Å²) in [5.41, 5.74) is 4.23. The lowest BCUT2D eigenvalue weighted by molar-refractivity contribution is -0.125. The van der Waals surface area contributed by atoms with Crippen LogP contribution in [-0.4, -0.2) is 54.7 Å². The van der Waals surface area contributed by atoms with Crippen molar-refractivity contribution in [2.45, 2.75) is 58.2 Å². The standard InChI is InChI=1S/C20H30N4O4/c1-12(2)24(13(3)4)9-8-14-10-21-15-6-5-7-17(18(14)15)28-20(26)22-16-11-27-23-19(16)25/h5-7,12-14,16,21H,8-11H2,1-4H3,(H,22,26)(H,23,25)/t14?,16-/m1/s1. The number of hydrogen-bond acceptors (Lipinski definition) is 6. The average molecular weight is 390 g/mol. The summed E-state index contributed by atoms with van der Waals surface area (Å²) in [4.78, 5) is 31.1. The number of nitrogens with zero attached hydrogens (tertiary/aromatic N) is 1. The molecule has 0 radical (unpaired) electrons. The van der Waals surface area contributed by atoms with Crippen molar-refractivity contribution in [3.05, 3.63) is 23.8 Å². The molecule has 1 fully saturated rings. The molecule has 0 aliphatic carbocycles. The first-order valence-corrected chi connectivity index (χ1v) is 9.89. The fourth-order valence-electron chi connectivity index (χ4n) is 3.93. The van der Waals surface area contributed by atoms with E-state index in [0.717, 1.165) is 30.8 Å². The SMILES string of the molecule is CC(C)N(CCC1CNc2cccc(OC(=O)N[C@@H]3CONC3=O)c21)C(C)C. The van der Waals surface area contributed by atoms with Crippen LogP contribution in [0.15, 0.2) is 18.2 Å². The first kappa shape index (κ1) is 20.4. The van der Waals surface area contributed by atoms with Gasteiger partial charge in [0.25, 0.3) is 5.91 Å². The van der Waals surface area contributed by atoms with E-state index in [-0.39, 0.29) is 18.4 Å². The van der Waals surface area contributed by atoms with Crippen molar-refractivity contribution in [3.8, 4) is 5.75 Å². The molecule has 154 valence electrons. The van der Waals surface area contributed by atoms with Gasteiger partial charge < -0.3 is 15.4 Å². The summed E-state index contributed by atoms with van der Waals surface area (Å²) in [5.74, 6) is 0.416. The molecular weight excluding hydrogens is 360 g/mol. The summed E-state index contributed by atoms with van der Waals surface area (Å²) in [5, 5.41) is 5.95. The number of nitrogens with one attached hydrogen (secondary N) is 3. The van der Waals surface area contributed by atoms with E-state index in [0.29, 0.717) is 17.8 Å². The molecule has 1 saturated heterocycles. The van der Waals surface area contributed by atoms with Crippen LogP contribution in [0.3, 0.4) is 0 Å². The van der Waals surface area contributed by atoms with Gasteiger partial charge in [0.2, 0.25) is 0 Å². The Morgan fingerprint density at radius 3 is 2.71 bits per heavy atom. The van der Waals surface area contributed by atoms with Gasteiger partial charge in [-0.15, -0.1) is 0 Å². The van der Waals surface area contributed by atoms with Crippen molar-refractivity contribution >= 4 is 17.7 Å². The van der Waals surface area contributed by atoms with E-state index in [1.54, 1.807) is 6.07 Å². The highest BCUT2D eigenvalue weighted by Crippen LogP contribution is 2.40. The molecule has 2 aliphatic rings. The highest BCUT2D eigenvalue weighted by Gasteiger charge is 2.30. The first-order chi connectivity index (χ1) is 13.4. The molecule has 2 aliphatic heterocycles. The number of rotatable bonds is 7. The summed E-state index contributed by atoms with van der Waals surface area (Å²) >= 11 is 0. The van der Waals surface area contributed by atoms with Gasteiger partial charge in [0.15, 0.2) is 0 Å². The molecule has 28 heavy (non-hydrogen) atoms. The van der Waals surface area contributed by atoms with Gasteiger partial charge in [-0.1, -0.05) is 6.07 Å². The number of ether oxygens (including phenoxy) is 1. The second-order valence-electron chi connectivity index (χ2n) is 7.87. The average Bonchev–Trinajstić information content (AvgIpc) is 3.22. The molecule has 8 nitrogen and oxygen atoms in total. The first-order valence-electron chi connectivity index (χ1n) is 9.89. The Labute approximate surface area is 165 Å². The third-order valence-corrected chi connectivity index (χ3v) is 5.31. The number of carbonyl (C=O) groups excluding carboxylic acids is 2. The van der Waals surface area contributed by atoms with Crippen LogP contribution in [0.5, 0.6) is 5.75 Å². The lowest BCUT2D eigenvalue weighted by Gasteiger charge is -2.31. The highest BCUT2D eigenvalue weighted by molar-refractivity contribution is 5.86. The zero-order valence-electron chi connectivity index (χ0n) is 17.0. The third-order valence-electron chi connectivity index (χ3n) is 5.31. The van der Waals surface area contributed by atoms with Crippen molar-refractivity contribution < 1.29 is 19.2 Å². The minimum Gasteiger partial charge on any atom is -0.410 e. The highest BCUT2D eigenvalue weighted by atomic mass is 16.7. The number of amides is 2. The van der Waals surface area contributed by atoms with Crippen LogP contribution in [0.1, 0.15) is 45.6 Å². The molecule has 1 aromatic rings. The number of carbonyl (C=O) groups is 2. The monoisotopic (exact) mass is 390 g/mol. The fourth-order valence-corrected chi connectivity index (χ4v) is 3.93. The summed E-state index contributed by atoms with van der Waals surface area (Å²) < 4.78 is 5.56. The molecule has 0 spiro atoms. The van der Waals surface area contributed by atoms with Gasteiger partial charge in [0, 0.05) is 35.8 Å². The molecule has 0 bridgehead atoms. The molecule has 2 amide bonds. The van der Waals surface area contributed by atoms with Crippen LogP contribution in [0.2, 0.25) is 0 Å². The number of hydrogen-bond donors (Lipinski definition) is 3. The van der Waals surface area contributed by atoms with Crippen LogP contribution in [-0.2, 0) is 9.63 Å². The number of hydroxylamine groups is 1. The van der Waals surface area contributed by atoms with Gasteiger partial charge in [-0.3, -0.25) is 14.5 Å². The number of benzene rings is 1. The molecule has 8 heteroatoms. The summed E-state index contributed by atoms with van der Waals surface area (Å²) in [6.45, 7) is 10.7. The molecule has 0 saturated carbocycles. The lowest BCUT2D eigenvalue weighted by Crippen LogP contribution is -2.43. The maximum absolute atomic E-state index is 12.3. The number of fused-ring (bicyclic) bond motifs is 1. The number of anilines is 1. The van der Waals surface area contributed by atoms with Crippen molar-refractivity contribution in [1.29, 1.82) is 0 Å². The Morgan fingerprint density at radius 2 is 2.07 bits per heavy atom. The predicted octanol–water partition coefficient (Wildman–Crippen LogP) is 2.22. The minimum atomic E-state index is -0.733. The van der Waals surface area contributed by atoms with Crippen molar-refractivity contribution in [2.24, 2.45) is 0 Å². The van der Waals surface area contributed by atoms with E-state index in [4.69, 9.17) is 9.57 Å². The van der Waals surface area contributed by atoms with E-state index >= 15 is 0 Å². The molecule has 0 aromatic heterocycles. The fraction of sp³-hybridized carbons (Fsp3) is 0.600. The maximum atomic E-state index is 12.3. The van der Waals surface area contributed by atoms with Crippen LogP contribution >= 0.6 is 0 Å². The quantitative estimate of drug-likeness (QED) is 0.661.